The molecule has 2 amide bonds. The molecule has 4 atom stereocenters. The van der Waals surface area contributed by atoms with E-state index in [1.54, 1.807) is 0 Å². The summed E-state index contributed by atoms with van der Waals surface area (Å²) < 4.78 is -0.300. The van der Waals surface area contributed by atoms with Crippen LogP contribution in [-0.2, 0) is 4.79 Å². The molecule has 0 bridgehead atoms. The van der Waals surface area contributed by atoms with Gasteiger partial charge >= 0.3 is 12.0 Å². The van der Waals surface area contributed by atoms with Gasteiger partial charge in [0.05, 0.1) is 12.1 Å². The first-order valence-corrected chi connectivity index (χ1v) is 7.93. The molecule has 96 valence electrons. The average molecular weight is 370 g/mol. The van der Waals surface area contributed by atoms with Gasteiger partial charge < -0.3 is 15.7 Å². The number of carbonyl (C=O) groups is 2. The first-order valence-electron chi connectivity index (χ1n) is 5.63. The molecule has 3 N–H and O–H groups in total. The third-order valence-electron chi connectivity index (χ3n) is 3.15. The van der Waals surface area contributed by atoms with Gasteiger partial charge in [0.1, 0.15) is 3.92 Å². The Balaban J connectivity index is 1.73. The van der Waals surface area contributed by atoms with Crippen LogP contribution < -0.4 is 10.6 Å². The summed E-state index contributed by atoms with van der Waals surface area (Å²) in [5.74, 6) is 0.221. The molecular weight excluding hydrogens is 355 g/mol. The Morgan fingerprint density at radius 3 is 3.06 bits per heavy atom. The zero-order valence-corrected chi connectivity index (χ0v) is 12.2. The molecule has 7 heteroatoms. The number of thioether (sulfide) groups is 1. The second kappa shape index (κ2) is 5.64. The fourth-order valence-corrected chi connectivity index (χ4v) is 4.25. The smallest absolute Gasteiger partial charge is 0.316 e. The average Bonchev–Trinajstić information content (AvgIpc) is 2.78. The van der Waals surface area contributed by atoms with E-state index >= 15 is 0 Å². The number of carboxylic acid groups (broad SMARTS) is 1. The highest BCUT2D eigenvalue weighted by molar-refractivity contribution is 14.1. The standard InChI is InChI=1S/C10H15IN2O3S/c11-5(9(14)15)2-1-3-7-8-6(4-17-7)12-10(16)13-8/h5-8H,1-4H2,(H,14,15)(H2,12,13,16)/t5?,6-,7-,8-/m0/s1. The first-order chi connectivity index (χ1) is 8.08. The molecule has 2 aliphatic rings. The van der Waals surface area contributed by atoms with Crippen molar-refractivity contribution >= 4 is 46.4 Å². The van der Waals surface area contributed by atoms with E-state index in [0.717, 1.165) is 18.6 Å². The van der Waals surface area contributed by atoms with Crippen molar-refractivity contribution in [2.45, 2.75) is 40.5 Å². The van der Waals surface area contributed by atoms with Gasteiger partial charge in [-0.05, 0) is 12.8 Å². The van der Waals surface area contributed by atoms with Gasteiger partial charge in [-0.15, -0.1) is 0 Å². The van der Waals surface area contributed by atoms with Gasteiger partial charge in [-0.3, -0.25) is 4.79 Å². The lowest BCUT2D eigenvalue weighted by Crippen LogP contribution is -2.36. The number of carboxylic acids is 1. The molecule has 0 aromatic carbocycles. The lowest BCUT2D eigenvalue weighted by molar-refractivity contribution is -0.136. The van der Waals surface area contributed by atoms with Crippen molar-refractivity contribution in [2.24, 2.45) is 0 Å². The molecular formula is C10H15IN2O3S. The highest BCUT2D eigenvalue weighted by Gasteiger charge is 2.42. The van der Waals surface area contributed by atoms with Gasteiger partial charge in [-0.1, -0.05) is 29.0 Å². The van der Waals surface area contributed by atoms with E-state index in [9.17, 15) is 9.59 Å². The minimum absolute atomic E-state index is 0.0670. The lowest BCUT2D eigenvalue weighted by atomic mass is 10.0. The van der Waals surface area contributed by atoms with Crippen molar-refractivity contribution in [2.75, 3.05) is 5.75 Å². The monoisotopic (exact) mass is 370 g/mol. The van der Waals surface area contributed by atoms with E-state index < -0.39 is 5.97 Å². The van der Waals surface area contributed by atoms with E-state index in [-0.39, 0.29) is 22.0 Å². The van der Waals surface area contributed by atoms with Crippen LogP contribution in [0.3, 0.4) is 0 Å². The normalized spacial score (nSPS) is 32.8. The number of halogens is 1. The van der Waals surface area contributed by atoms with Crippen molar-refractivity contribution < 1.29 is 14.7 Å². The van der Waals surface area contributed by atoms with Crippen LogP contribution in [0.15, 0.2) is 0 Å². The number of hydrogen-bond donors (Lipinski definition) is 3. The quantitative estimate of drug-likeness (QED) is 0.386. The minimum atomic E-state index is -0.738. The number of carbonyl (C=O) groups excluding carboxylic acids is 1. The summed E-state index contributed by atoms with van der Waals surface area (Å²) in [7, 11) is 0. The number of urea groups is 1. The number of aliphatic carboxylic acids is 1. The van der Waals surface area contributed by atoms with E-state index in [0.29, 0.717) is 11.7 Å². The van der Waals surface area contributed by atoms with Crippen LogP contribution in [0.5, 0.6) is 0 Å². The molecule has 0 aromatic rings. The molecule has 0 spiro atoms. The van der Waals surface area contributed by atoms with E-state index in [1.807, 2.05) is 34.4 Å². The molecule has 2 fully saturated rings. The lowest BCUT2D eigenvalue weighted by Gasteiger charge is -2.16. The molecule has 17 heavy (non-hydrogen) atoms. The first kappa shape index (κ1) is 13.3. The molecule has 5 nitrogen and oxygen atoms in total. The molecule has 0 radical (unpaired) electrons. The molecule has 2 saturated heterocycles. The highest BCUT2D eigenvalue weighted by Crippen LogP contribution is 2.33. The van der Waals surface area contributed by atoms with Gasteiger partial charge in [0.2, 0.25) is 0 Å². The largest absolute Gasteiger partial charge is 0.480 e. The molecule has 2 aliphatic heterocycles. The van der Waals surface area contributed by atoms with Crippen molar-refractivity contribution in [3.8, 4) is 0 Å². The van der Waals surface area contributed by atoms with Gasteiger partial charge in [0.25, 0.3) is 0 Å². The third kappa shape index (κ3) is 3.18. The SMILES string of the molecule is O=C1N[C@H]2[C@H](CS[C@H]2CCCC(I)C(=O)O)N1. The Kier molecular flexibility index (Phi) is 4.40. The Bertz CT molecular complexity index is 329. The summed E-state index contributed by atoms with van der Waals surface area (Å²) in [6.07, 6.45) is 2.57. The predicted octanol–water partition coefficient (Wildman–Crippen LogP) is 1.21. The maximum Gasteiger partial charge on any atom is 0.316 e. The van der Waals surface area contributed by atoms with Crippen LogP contribution in [0.25, 0.3) is 0 Å². The summed E-state index contributed by atoms with van der Waals surface area (Å²) in [5, 5.41) is 15.0. The van der Waals surface area contributed by atoms with E-state index in [1.165, 1.54) is 0 Å². The van der Waals surface area contributed by atoms with Crippen molar-refractivity contribution in [1.29, 1.82) is 0 Å². The number of rotatable bonds is 5. The number of alkyl halides is 1. The molecule has 0 aromatic heterocycles. The highest BCUT2D eigenvalue weighted by atomic mass is 127. The van der Waals surface area contributed by atoms with Gasteiger partial charge in [-0.25, -0.2) is 4.79 Å². The van der Waals surface area contributed by atoms with Crippen LogP contribution >= 0.6 is 34.4 Å². The fraction of sp³-hybridized carbons (Fsp3) is 0.800. The summed E-state index contributed by atoms with van der Waals surface area (Å²) in [6, 6.07) is 0.417. The van der Waals surface area contributed by atoms with Crippen LogP contribution in [-0.4, -0.2) is 44.1 Å². The molecule has 0 aliphatic carbocycles. The third-order valence-corrected chi connectivity index (χ3v) is 5.82. The molecule has 2 heterocycles. The van der Waals surface area contributed by atoms with Crippen molar-refractivity contribution in [1.82, 2.24) is 10.6 Å². The number of hydrogen-bond acceptors (Lipinski definition) is 3. The maximum atomic E-state index is 11.2. The zero-order chi connectivity index (χ0) is 12.4. The van der Waals surface area contributed by atoms with Crippen LogP contribution in [0, 0.1) is 0 Å². The Labute approximate surface area is 118 Å². The topological polar surface area (TPSA) is 78.4 Å². The van der Waals surface area contributed by atoms with Gasteiger partial charge in [-0.2, -0.15) is 11.8 Å². The summed E-state index contributed by atoms with van der Waals surface area (Å²) >= 11 is 3.83. The van der Waals surface area contributed by atoms with Crippen LogP contribution in [0.1, 0.15) is 19.3 Å². The van der Waals surface area contributed by atoms with Gasteiger partial charge in [0.15, 0.2) is 0 Å². The fourth-order valence-electron chi connectivity index (χ4n) is 2.26. The van der Waals surface area contributed by atoms with Gasteiger partial charge in [0, 0.05) is 11.0 Å². The second-order valence-electron chi connectivity index (χ2n) is 4.36. The predicted molar refractivity (Wildman–Crippen MR) is 74.8 cm³/mol. The number of nitrogens with one attached hydrogen (secondary N) is 2. The van der Waals surface area contributed by atoms with E-state index in [2.05, 4.69) is 10.6 Å². The second-order valence-corrected chi connectivity index (χ2v) is 7.13. The molecule has 1 unspecified atom stereocenters. The van der Waals surface area contributed by atoms with Crippen molar-refractivity contribution in [3.05, 3.63) is 0 Å². The Morgan fingerprint density at radius 2 is 2.35 bits per heavy atom. The minimum Gasteiger partial charge on any atom is -0.480 e. The maximum absolute atomic E-state index is 11.2. The van der Waals surface area contributed by atoms with Crippen LogP contribution in [0.2, 0.25) is 0 Å². The number of amides is 2. The summed E-state index contributed by atoms with van der Waals surface area (Å²) in [6.45, 7) is 0. The Morgan fingerprint density at radius 1 is 1.59 bits per heavy atom. The summed E-state index contributed by atoms with van der Waals surface area (Å²) in [4.78, 5) is 21.8. The summed E-state index contributed by atoms with van der Waals surface area (Å²) in [5.41, 5.74) is 0. The number of fused-ring (bicyclic) bond motifs is 1. The zero-order valence-electron chi connectivity index (χ0n) is 9.19. The van der Waals surface area contributed by atoms with Crippen molar-refractivity contribution in [3.63, 3.8) is 0 Å². The van der Waals surface area contributed by atoms with Crippen LogP contribution in [0.4, 0.5) is 4.79 Å². The molecule has 0 saturated carbocycles. The van der Waals surface area contributed by atoms with E-state index in [4.69, 9.17) is 5.11 Å². The Hall–Kier alpha value is -0.180. The molecule has 2 rings (SSSR count).